The van der Waals surface area contributed by atoms with Gasteiger partial charge in [0.05, 0.1) is 6.61 Å². The molecule has 232 valence electrons. The molecule has 42 heavy (non-hydrogen) atoms. The van der Waals surface area contributed by atoms with Crippen molar-refractivity contribution in [3.8, 4) is 0 Å². The van der Waals surface area contributed by atoms with Gasteiger partial charge >= 0.3 is 11.9 Å². The van der Waals surface area contributed by atoms with Gasteiger partial charge in [0.1, 0.15) is 42.6 Å². The number of carbonyl (C=O) groups is 2. The van der Waals surface area contributed by atoms with Crippen LogP contribution in [-0.4, -0.2) is 98.8 Å². The lowest BCUT2D eigenvalue weighted by atomic mass is 9.90. The largest absolute Gasteiger partial charge is 0.480 e. The molecule has 3 heterocycles. The van der Waals surface area contributed by atoms with E-state index in [1.54, 1.807) is 12.1 Å². The first-order chi connectivity index (χ1) is 20.0. The molecule has 2 aromatic carbocycles. The molecule has 12 heteroatoms. The van der Waals surface area contributed by atoms with Gasteiger partial charge in [-0.25, -0.2) is 0 Å². The summed E-state index contributed by atoms with van der Waals surface area (Å²) in [4.78, 5) is 20.3. The van der Waals surface area contributed by atoms with Gasteiger partial charge in [0.2, 0.25) is 0 Å². The van der Waals surface area contributed by atoms with Crippen LogP contribution in [0.25, 0.3) is 0 Å². The van der Waals surface area contributed by atoms with Crippen LogP contribution in [0.3, 0.4) is 0 Å². The van der Waals surface area contributed by atoms with Crippen LogP contribution in [0.2, 0.25) is 5.02 Å². The molecule has 3 saturated heterocycles. The Balaban J connectivity index is 0.000000244. The standard InChI is InChI=1S/C20H23ClO5.2C5H9NO2/c1-11-2-4-12(5-3-11)8-14-9-13(6-7-15(14)21)20-19(25)18(24)17(23)16(10-22)26-20;2*7-5(8)4-2-1-3-6-4/h2-7,9,16-20,22-25H,8,10H2,1H3;2*4,6H,1-3H2,(H,7,8)/t16-,17-,18+,19-,20+;2*4-/m100/s1. The lowest BCUT2D eigenvalue weighted by Crippen LogP contribution is -2.55. The van der Waals surface area contributed by atoms with E-state index in [2.05, 4.69) is 10.6 Å². The number of aliphatic hydroxyl groups is 4. The lowest BCUT2D eigenvalue weighted by Gasteiger charge is -2.40. The Hall–Kier alpha value is -2.61. The Morgan fingerprint density at radius 3 is 1.90 bits per heavy atom. The Kier molecular flexibility index (Phi) is 13.1. The molecule has 2 aromatic rings. The minimum Gasteiger partial charge on any atom is -0.480 e. The van der Waals surface area contributed by atoms with E-state index in [1.165, 1.54) is 5.56 Å². The van der Waals surface area contributed by atoms with Crippen LogP contribution in [0.1, 0.15) is 54.0 Å². The van der Waals surface area contributed by atoms with Crippen LogP contribution in [0.4, 0.5) is 0 Å². The first-order valence-corrected chi connectivity index (χ1v) is 14.5. The number of aliphatic carboxylic acids is 2. The molecule has 0 aromatic heterocycles. The third-order valence-electron chi connectivity index (χ3n) is 7.52. The number of hydrogen-bond acceptors (Lipinski definition) is 9. The van der Waals surface area contributed by atoms with Crippen LogP contribution in [0, 0.1) is 6.92 Å². The molecule has 0 spiro atoms. The number of aryl methyl sites for hydroxylation is 1. The average molecular weight is 609 g/mol. The second kappa shape index (κ2) is 16.3. The molecule has 0 bridgehead atoms. The number of ether oxygens (including phenoxy) is 1. The van der Waals surface area contributed by atoms with Gasteiger partial charge in [-0.2, -0.15) is 0 Å². The molecule has 11 nitrogen and oxygen atoms in total. The Bertz CT molecular complexity index is 1130. The highest BCUT2D eigenvalue weighted by molar-refractivity contribution is 6.31. The maximum Gasteiger partial charge on any atom is 0.320 e. The number of benzene rings is 2. The van der Waals surface area contributed by atoms with Gasteiger partial charge in [0.15, 0.2) is 0 Å². The van der Waals surface area contributed by atoms with E-state index in [9.17, 15) is 30.0 Å². The van der Waals surface area contributed by atoms with Crippen molar-refractivity contribution < 1.29 is 45.0 Å². The molecule has 3 aliphatic rings. The quantitative estimate of drug-likeness (QED) is 0.237. The van der Waals surface area contributed by atoms with E-state index < -0.39 is 49.1 Å². The van der Waals surface area contributed by atoms with Crippen molar-refractivity contribution in [3.63, 3.8) is 0 Å². The van der Waals surface area contributed by atoms with Crippen molar-refractivity contribution in [3.05, 3.63) is 69.7 Å². The highest BCUT2D eigenvalue weighted by Gasteiger charge is 2.44. The summed E-state index contributed by atoms with van der Waals surface area (Å²) in [7, 11) is 0. The van der Waals surface area contributed by atoms with Crippen molar-refractivity contribution in [2.24, 2.45) is 0 Å². The summed E-state index contributed by atoms with van der Waals surface area (Å²) in [6.45, 7) is 3.29. The smallest absolute Gasteiger partial charge is 0.320 e. The molecule has 0 aliphatic carbocycles. The van der Waals surface area contributed by atoms with Crippen molar-refractivity contribution in [1.82, 2.24) is 10.6 Å². The van der Waals surface area contributed by atoms with Crippen molar-refractivity contribution in [2.45, 2.75) is 81.6 Å². The zero-order valence-corrected chi connectivity index (χ0v) is 24.3. The fraction of sp³-hybridized carbons (Fsp3) is 0.533. The molecule has 0 amide bonds. The van der Waals surface area contributed by atoms with E-state index in [0.29, 0.717) is 17.0 Å². The van der Waals surface area contributed by atoms with E-state index >= 15 is 0 Å². The van der Waals surface area contributed by atoms with Crippen LogP contribution in [0.5, 0.6) is 0 Å². The molecule has 5 rings (SSSR count). The molecule has 0 unspecified atom stereocenters. The lowest BCUT2D eigenvalue weighted by molar-refractivity contribution is -0.231. The first kappa shape index (κ1) is 33.9. The summed E-state index contributed by atoms with van der Waals surface area (Å²) >= 11 is 6.33. The monoisotopic (exact) mass is 608 g/mol. The summed E-state index contributed by atoms with van der Waals surface area (Å²) in [5, 5.41) is 62.6. The summed E-state index contributed by atoms with van der Waals surface area (Å²) in [6.07, 6.45) is -1.69. The van der Waals surface area contributed by atoms with Gasteiger partial charge in [-0.1, -0.05) is 53.6 Å². The highest BCUT2D eigenvalue weighted by atomic mass is 35.5. The molecule has 3 aliphatic heterocycles. The minimum atomic E-state index is -1.40. The molecule has 8 N–H and O–H groups in total. The molecule has 3 fully saturated rings. The summed E-state index contributed by atoms with van der Waals surface area (Å²) < 4.78 is 5.62. The maximum absolute atomic E-state index is 10.3. The van der Waals surface area contributed by atoms with Crippen molar-refractivity contribution in [2.75, 3.05) is 19.7 Å². The van der Waals surface area contributed by atoms with E-state index in [4.69, 9.17) is 26.6 Å². The van der Waals surface area contributed by atoms with Gasteiger partial charge in [-0.15, -0.1) is 0 Å². The zero-order valence-electron chi connectivity index (χ0n) is 23.5. The SMILES string of the molecule is Cc1ccc(Cc2cc([C@@H]3O[C@H](CO)[C@@H](O)[C@H](O)[C@H]3O)ccc2Cl)cc1.O=C(O)[C@@H]1CCCN1.O=C(O)[C@@H]1CCCN1. The first-order valence-electron chi connectivity index (χ1n) is 14.1. The second-order valence-electron chi connectivity index (χ2n) is 10.7. The van der Waals surface area contributed by atoms with Gasteiger partial charge in [0, 0.05) is 5.02 Å². The zero-order chi connectivity index (χ0) is 30.8. The summed E-state index contributed by atoms with van der Waals surface area (Å²) in [5.41, 5.74) is 3.77. The summed E-state index contributed by atoms with van der Waals surface area (Å²) in [5.74, 6) is -1.44. The predicted molar refractivity (Wildman–Crippen MR) is 155 cm³/mol. The Morgan fingerprint density at radius 2 is 1.45 bits per heavy atom. The van der Waals surface area contributed by atoms with E-state index in [-0.39, 0.29) is 12.1 Å². The average Bonchev–Trinajstić information content (AvgIpc) is 3.71. The fourth-order valence-electron chi connectivity index (χ4n) is 5.00. The van der Waals surface area contributed by atoms with Gasteiger partial charge in [-0.3, -0.25) is 9.59 Å². The number of hydrogen-bond donors (Lipinski definition) is 8. The van der Waals surface area contributed by atoms with Gasteiger partial charge in [-0.05, 0) is 74.9 Å². The highest BCUT2D eigenvalue weighted by Crippen LogP contribution is 2.34. The van der Waals surface area contributed by atoms with Crippen molar-refractivity contribution in [1.29, 1.82) is 0 Å². The third kappa shape index (κ3) is 9.45. The molecule has 0 radical (unpaired) electrons. The van der Waals surface area contributed by atoms with Crippen LogP contribution >= 0.6 is 11.6 Å². The number of carboxylic acid groups (broad SMARTS) is 2. The topological polar surface area (TPSA) is 189 Å². The van der Waals surface area contributed by atoms with E-state index in [0.717, 1.165) is 49.9 Å². The summed E-state index contributed by atoms with van der Waals surface area (Å²) in [6, 6.07) is 12.9. The Labute approximate surface area is 250 Å². The molecule has 0 saturated carbocycles. The molecule has 7 atom stereocenters. The minimum absolute atomic E-state index is 0.269. The van der Waals surface area contributed by atoms with Crippen LogP contribution in [0.15, 0.2) is 42.5 Å². The maximum atomic E-state index is 10.3. The normalized spacial score (nSPS) is 28.7. The van der Waals surface area contributed by atoms with E-state index in [1.807, 2.05) is 37.3 Å². The number of rotatable bonds is 6. The Morgan fingerprint density at radius 1 is 0.881 bits per heavy atom. The van der Waals surface area contributed by atoms with Gasteiger partial charge < -0.3 is 46.0 Å². The third-order valence-corrected chi connectivity index (χ3v) is 7.89. The van der Waals surface area contributed by atoms with Crippen LogP contribution < -0.4 is 10.6 Å². The van der Waals surface area contributed by atoms with Crippen molar-refractivity contribution >= 4 is 23.5 Å². The molecular weight excluding hydrogens is 568 g/mol. The number of carboxylic acids is 2. The van der Waals surface area contributed by atoms with Crippen LogP contribution in [-0.2, 0) is 20.7 Å². The number of nitrogens with one attached hydrogen (secondary N) is 2. The number of halogens is 1. The van der Waals surface area contributed by atoms with Gasteiger partial charge in [0.25, 0.3) is 0 Å². The number of aliphatic hydroxyl groups excluding tert-OH is 4. The second-order valence-corrected chi connectivity index (χ2v) is 11.1. The predicted octanol–water partition coefficient (Wildman–Crippen LogP) is 1.40. The molecular formula is C30H41ClN2O9. The fourth-order valence-corrected chi connectivity index (χ4v) is 5.19.